The number of aliphatic hydroxyl groups excluding tert-OH is 2. The minimum absolute atomic E-state index is 0.0124. The van der Waals surface area contributed by atoms with Gasteiger partial charge in [-0.05, 0) is 30.2 Å². The molecule has 22 heavy (non-hydrogen) atoms. The quantitative estimate of drug-likeness (QED) is 0.591. The first-order chi connectivity index (χ1) is 10.2. The molecule has 116 valence electrons. The Balaban J connectivity index is 2.84. The van der Waals surface area contributed by atoms with Crippen molar-refractivity contribution in [2.45, 2.75) is 19.1 Å². The fraction of sp³-hybridized carbons (Fsp3) is 0.214. The highest BCUT2D eigenvalue weighted by Crippen LogP contribution is 2.30. The van der Waals surface area contributed by atoms with Gasteiger partial charge in [0.05, 0.1) is 0 Å². The molecule has 0 radical (unpaired) electrons. The van der Waals surface area contributed by atoms with Gasteiger partial charge in [0.15, 0.2) is 12.2 Å². The highest BCUT2D eigenvalue weighted by Gasteiger charge is 2.27. The van der Waals surface area contributed by atoms with Gasteiger partial charge in [0.25, 0.3) is 0 Å². The van der Waals surface area contributed by atoms with E-state index < -0.39 is 29.8 Å². The SMILES string of the molecule is Cc1cc(=O)oc2cc(C(O)C(=O)O)c(C(O)C(=O)O)cc12. The normalized spacial score (nSPS) is 13.8. The van der Waals surface area contributed by atoms with Crippen LogP contribution in [0.15, 0.2) is 27.4 Å². The lowest BCUT2D eigenvalue weighted by molar-refractivity contribution is -0.149. The third-order valence-corrected chi connectivity index (χ3v) is 3.21. The topological polar surface area (TPSA) is 145 Å². The second-order valence-corrected chi connectivity index (χ2v) is 4.71. The molecule has 2 aromatic rings. The van der Waals surface area contributed by atoms with Crippen LogP contribution < -0.4 is 5.63 Å². The average Bonchev–Trinajstić information content (AvgIpc) is 2.44. The van der Waals surface area contributed by atoms with E-state index in [1.165, 1.54) is 12.1 Å². The predicted molar refractivity (Wildman–Crippen MR) is 72.4 cm³/mol. The number of rotatable bonds is 4. The lowest BCUT2D eigenvalue weighted by Crippen LogP contribution is -2.18. The molecule has 0 saturated heterocycles. The van der Waals surface area contributed by atoms with Crippen LogP contribution in [0.4, 0.5) is 0 Å². The summed E-state index contributed by atoms with van der Waals surface area (Å²) in [7, 11) is 0. The maximum absolute atomic E-state index is 11.4. The third kappa shape index (κ3) is 2.69. The number of fused-ring (bicyclic) bond motifs is 1. The average molecular weight is 308 g/mol. The van der Waals surface area contributed by atoms with Crippen molar-refractivity contribution in [1.82, 2.24) is 0 Å². The smallest absolute Gasteiger partial charge is 0.337 e. The summed E-state index contributed by atoms with van der Waals surface area (Å²) >= 11 is 0. The van der Waals surface area contributed by atoms with Crippen LogP contribution in [0.2, 0.25) is 0 Å². The molecule has 8 heteroatoms. The van der Waals surface area contributed by atoms with E-state index >= 15 is 0 Å². The van der Waals surface area contributed by atoms with Crippen LogP contribution in [-0.2, 0) is 9.59 Å². The van der Waals surface area contributed by atoms with E-state index in [0.717, 1.165) is 6.07 Å². The van der Waals surface area contributed by atoms with Crippen molar-refractivity contribution in [3.63, 3.8) is 0 Å². The van der Waals surface area contributed by atoms with E-state index in [0.29, 0.717) is 10.9 Å². The fourth-order valence-electron chi connectivity index (χ4n) is 2.14. The van der Waals surface area contributed by atoms with Crippen LogP contribution in [0, 0.1) is 6.92 Å². The summed E-state index contributed by atoms with van der Waals surface area (Å²) in [6.07, 6.45) is -4.10. The zero-order chi connectivity index (χ0) is 16.6. The van der Waals surface area contributed by atoms with Gasteiger partial charge >= 0.3 is 17.6 Å². The molecule has 2 rings (SSSR count). The van der Waals surface area contributed by atoms with Crippen molar-refractivity contribution < 1.29 is 34.4 Å². The van der Waals surface area contributed by atoms with Crippen molar-refractivity contribution in [3.05, 3.63) is 45.3 Å². The molecule has 8 nitrogen and oxygen atoms in total. The van der Waals surface area contributed by atoms with E-state index in [2.05, 4.69) is 0 Å². The molecular formula is C14H12O8. The van der Waals surface area contributed by atoms with Crippen LogP contribution in [0.1, 0.15) is 28.9 Å². The number of carboxylic acids is 2. The van der Waals surface area contributed by atoms with Crippen LogP contribution in [0.5, 0.6) is 0 Å². The van der Waals surface area contributed by atoms with Gasteiger partial charge in [-0.3, -0.25) is 0 Å². The Labute approximate surface area is 122 Å². The molecule has 0 bridgehead atoms. The Bertz CT molecular complexity index is 819. The summed E-state index contributed by atoms with van der Waals surface area (Å²) in [6.45, 7) is 1.57. The number of aliphatic carboxylic acids is 2. The van der Waals surface area contributed by atoms with Gasteiger partial charge in [-0.15, -0.1) is 0 Å². The number of hydrogen-bond acceptors (Lipinski definition) is 6. The molecule has 1 aromatic heterocycles. The van der Waals surface area contributed by atoms with Crippen molar-refractivity contribution in [2.24, 2.45) is 0 Å². The highest BCUT2D eigenvalue weighted by atomic mass is 16.4. The molecule has 0 fully saturated rings. The summed E-state index contributed by atoms with van der Waals surface area (Å²) in [5.74, 6) is -3.23. The Morgan fingerprint density at radius 3 is 2.00 bits per heavy atom. The predicted octanol–water partition coefficient (Wildman–Crippen LogP) is 0.337. The molecule has 0 amide bonds. The van der Waals surface area contributed by atoms with E-state index in [4.69, 9.17) is 14.6 Å². The molecule has 1 aromatic carbocycles. The Morgan fingerprint density at radius 2 is 1.50 bits per heavy atom. The molecule has 1 heterocycles. The first-order valence-electron chi connectivity index (χ1n) is 6.12. The second-order valence-electron chi connectivity index (χ2n) is 4.71. The zero-order valence-corrected chi connectivity index (χ0v) is 11.3. The number of carbonyl (C=O) groups is 2. The Morgan fingerprint density at radius 1 is 1.00 bits per heavy atom. The summed E-state index contributed by atoms with van der Waals surface area (Å²) < 4.78 is 4.92. The van der Waals surface area contributed by atoms with Crippen LogP contribution in [-0.4, -0.2) is 32.4 Å². The number of carboxylic acid groups (broad SMARTS) is 2. The second kappa shape index (κ2) is 5.58. The largest absolute Gasteiger partial charge is 0.479 e. The van der Waals surface area contributed by atoms with E-state index in [1.54, 1.807) is 6.92 Å². The van der Waals surface area contributed by atoms with E-state index in [1.807, 2.05) is 0 Å². The minimum atomic E-state index is -2.07. The molecule has 0 spiro atoms. The zero-order valence-electron chi connectivity index (χ0n) is 11.3. The molecule has 2 unspecified atom stereocenters. The minimum Gasteiger partial charge on any atom is -0.479 e. The molecule has 0 saturated carbocycles. The summed E-state index contributed by atoms with van der Waals surface area (Å²) in [5, 5.41) is 37.5. The van der Waals surface area contributed by atoms with Crippen molar-refractivity contribution in [2.75, 3.05) is 0 Å². The number of benzene rings is 1. The number of aryl methyl sites for hydroxylation is 1. The summed E-state index contributed by atoms with van der Waals surface area (Å²) in [5.41, 5.74) is -0.870. The molecule has 0 aliphatic rings. The van der Waals surface area contributed by atoms with Crippen molar-refractivity contribution in [1.29, 1.82) is 0 Å². The first-order valence-corrected chi connectivity index (χ1v) is 6.12. The van der Waals surface area contributed by atoms with Crippen LogP contribution in [0.3, 0.4) is 0 Å². The third-order valence-electron chi connectivity index (χ3n) is 3.21. The van der Waals surface area contributed by atoms with Gasteiger partial charge in [0.1, 0.15) is 5.58 Å². The Kier molecular flexibility index (Phi) is 3.98. The fourth-order valence-corrected chi connectivity index (χ4v) is 2.14. The van der Waals surface area contributed by atoms with Crippen LogP contribution in [0.25, 0.3) is 11.0 Å². The molecule has 2 atom stereocenters. The highest BCUT2D eigenvalue weighted by molar-refractivity contribution is 5.86. The van der Waals surface area contributed by atoms with E-state index in [-0.39, 0.29) is 16.7 Å². The van der Waals surface area contributed by atoms with Gasteiger partial charge in [-0.25, -0.2) is 14.4 Å². The number of hydrogen-bond donors (Lipinski definition) is 4. The monoisotopic (exact) mass is 308 g/mol. The summed E-state index contributed by atoms with van der Waals surface area (Å²) in [6, 6.07) is 3.41. The van der Waals surface area contributed by atoms with Gasteiger partial charge in [0, 0.05) is 17.0 Å². The molecule has 4 N–H and O–H groups in total. The first kappa shape index (κ1) is 15.7. The van der Waals surface area contributed by atoms with Gasteiger partial charge < -0.3 is 24.8 Å². The Hall–Kier alpha value is -2.71. The van der Waals surface area contributed by atoms with Crippen molar-refractivity contribution in [3.8, 4) is 0 Å². The van der Waals surface area contributed by atoms with Gasteiger partial charge in [0.2, 0.25) is 0 Å². The van der Waals surface area contributed by atoms with Gasteiger partial charge in [-0.1, -0.05) is 0 Å². The molecular weight excluding hydrogens is 296 g/mol. The lowest BCUT2D eigenvalue weighted by Gasteiger charge is -2.16. The maximum atomic E-state index is 11.4. The standard InChI is InChI=1S/C14H12O8/c1-5-2-10(15)22-9-4-8(12(17)14(20)21)7(3-6(5)9)11(16)13(18)19/h2-4,11-12,16-17H,1H3,(H,18,19)(H,20,21). The van der Waals surface area contributed by atoms with Crippen molar-refractivity contribution >= 4 is 22.9 Å². The molecule has 0 aliphatic carbocycles. The number of aliphatic hydroxyl groups is 2. The van der Waals surface area contributed by atoms with Crippen LogP contribution >= 0.6 is 0 Å². The van der Waals surface area contributed by atoms with E-state index in [9.17, 15) is 24.6 Å². The van der Waals surface area contributed by atoms with Gasteiger partial charge in [-0.2, -0.15) is 0 Å². The summed E-state index contributed by atoms with van der Waals surface area (Å²) in [4.78, 5) is 33.3. The maximum Gasteiger partial charge on any atom is 0.337 e. The lowest BCUT2D eigenvalue weighted by atomic mass is 9.95. The molecule has 0 aliphatic heterocycles.